The Kier molecular flexibility index (Phi) is 3.88. The lowest BCUT2D eigenvalue weighted by Crippen LogP contribution is -2.35. The Bertz CT molecular complexity index is 970. The molecule has 2 aromatic heterocycles. The molecule has 1 amide bonds. The molecule has 0 unspecified atom stereocenters. The molecule has 0 fully saturated rings. The zero-order valence-corrected chi connectivity index (χ0v) is 14.4. The second kappa shape index (κ2) is 6.20. The minimum Gasteiger partial charge on any atom is -0.308 e. The highest BCUT2D eigenvalue weighted by atomic mass is 16.2. The number of rotatable bonds is 4. The van der Waals surface area contributed by atoms with Crippen LogP contribution in [0, 0.1) is 0 Å². The average Bonchev–Trinajstić information content (AvgIpc) is 3.02. The maximum atomic E-state index is 12.2. The van der Waals surface area contributed by atoms with Crippen LogP contribution in [0.25, 0.3) is 16.9 Å². The van der Waals surface area contributed by atoms with E-state index in [1.807, 2.05) is 23.1 Å². The second-order valence-corrected chi connectivity index (χ2v) is 6.33. The molecule has 4 heteroatoms. The van der Waals surface area contributed by atoms with Gasteiger partial charge < -0.3 is 9.30 Å². The Labute approximate surface area is 147 Å². The lowest BCUT2D eigenvalue weighted by Gasteiger charge is -2.28. The van der Waals surface area contributed by atoms with E-state index in [0.29, 0.717) is 13.0 Å². The van der Waals surface area contributed by atoms with Gasteiger partial charge in [0.2, 0.25) is 5.91 Å². The van der Waals surface area contributed by atoms with Crippen molar-refractivity contribution in [3.05, 3.63) is 66.5 Å². The largest absolute Gasteiger partial charge is 0.308 e. The number of nitrogens with zero attached hydrogens (tertiary/aromatic N) is 3. The van der Waals surface area contributed by atoms with Gasteiger partial charge in [0.1, 0.15) is 5.65 Å². The van der Waals surface area contributed by atoms with Gasteiger partial charge in [-0.2, -0.15) is 0 Å². The van der Waals surface area contributed by atoms with E-state index in [-0.39, 0.29) is 5.91 Å². The van der Waals surface area contributed by atoms with E-state index < -0.39 is 0 Å². The number of aryl methyl sites for hydroxylation is 2. The summed E-state index contributed by atoms with van der Waals surface area (Å²) in [6.07, 6.45) is 6.09. The summed E-state index contributed by atoms with van der Waals surface area (Å²) in [5.74, 6) is 0.169. The standard InChI is InChI=1S/C21H21N3O/c1-3-12-24-18-10-8-16(14-15(18)9-11-20(24)25)21-17(4-2)23-13-6-5-7-19(23)22-21/h3,5-8,10,13-14H,1,4,9,11-12H2,2H3. The van der Waals surface area contributed by atoms with Crippen LogP contribution < -0.4 is 4.90 Å². The summed E-state index contributed by atoms with van der Waals surface area (Å²) < 4.78 is 2.16. The number of amides is 1. The van der Waals surface area contributed by atoms with Gasteiger partial charge in [0.15, 0.2) is 0 Å². The number of hydrogen-bond acceptors (Lipinski definition) is 2. The molecular formula is C21H21N3O. The lowest BCUT2D eigenvalue weighted by molar-refractivity contribution is -0.118. The second-order valence-electron chi connectivity index (χ2n) is 6.33. The Hall–Kier alpha value is -2.88. The summed E-state index contributed by atoms with van der Waals surface area (Å²) in [5.41, 5.74) is 6.54. The maximum absolute atomic E-state index is 12.2. The lowest BCUT2D eigenvalue weighted by atomic mass is 9.97. The molecule has 0 saturated heterocycles. The van der Waals surface area contributed by atoms with Crippen LogP contribution in [0.1, 0.15) is 24.6 Å². The number of anilines is 1. The zero-order valence-electron chi connectivity index (χ0n) is 14.4. The van der Waals surface area contributed by atoms with Gasteiger partial charge in [-0.25, -0.2) is 4.98 Å². The van der Waals surface area contributed by atoms with E-state index in [9.17, 15) is 4.79 Å². The van der Waals surface area contributed by atoms with Crippen LogP contribution in [0.15, 0.2) is 55.3 Å². The highest BCUT2D eigenvalue weighted by Crippen LogP contribution is 2.33. The van der Waals surface area contributed by atoms with E-state index in [1.165, 1.54) is 11.3 Å². The molecule has 3 heterocycles. The van der Waals surface area contributed by atoms with Crippen molar-refractivity contribution in [2.75, 3.05) is 11.4 Å². The molecule has 1 aromatic carbocycles. The predicted octanol–water partition coefficient (Wildman–Crippen LogP) is 4.03. The summed E-state index contributed by atoms with van der Waals surface area (Å²) >= 11 is 0. The maximum Gasteiger partial charge on any atom is 0.227 e. The summed E-state index contributed by atoms with van der Waals surface area (Å²) in [6, 6.07) is 12.4. The molecule has 0 bridgehead atoms. The minimum atomic E-state index is 0.169. The van der Waals surface area contributed by atoms with Gasteiger partial charge in [-0.05, 0) is 42.7 Å². The molecule has 1 aliphatic rings. The first-order valence-corrected chi connectivity index (χ1v) is 8.73. The van der Waals surface area contributed by atoms with Gasteiger partial charge in [0.05, 0.1) is 11.4 Å². The van der Waals surface area contributed by atoms with Gasteiger partial charge >= 0.3 is 0 Å². The van der Waals surface area contributed by atoms with Gasteiger partial charge in [0.25, 0.3) is 0 Å². The van der Waals surface area contributed by atoms with Crippen molar-refractivity contribution in [3.63, 3.8) is 0 Å². The Morgan fingerprint density at radius 3 is 2.92 bits per heavy atom. The van der Waals surface area contributed by atoms with Crippen molar-refractivity contribution in [1.29, 1.82) is 0 Å². The summed E-state index contributed by atoms with van der Waals surface area (Å²) in [4.78, 5) is 18.8. The van der Waals surface area contributed by atoms with Crippen molar-refractivity contribution < 1.29 is 4.79 Å². The van der Waals surface area contributed by atoms with Crippen molar-refractivity contribution in [1.82, 2.24) is 9.38 Å². The van der Waals surface area contributed by atoms with Crippen molar-refractivity contribution in [2.45, 2.75) is 26.2 Å². The van der Waals surface area contributed by atoms with E-state index >= 15 is 0 Å². The minimum absolute atomic E-state index is 0.169. The number of imidazole rings is 1. The number of pyridine rings is 1. The SMILES string of the molecule is C=CCN1C(=O)CCc2cc(-c3nc4ccccn4c3CC)ccc21. The number of benzene rings is 1. The number of carbonyl (C=O) groups excluding carboxylic acids is 1. The first-order chi connectivity index (χ1) is 12.2. The molecule has 4 rings (SSSR count). The van der Waals surface area contributed by atoms with Crippen LogP contribution >= 0.6 is 0 Å². The van der Waals surface area contributed by atoms with Gasteiger partial charge in [-0.3, -0.25) is 4.79 Å². The molecule has 0 radical (unpaired) electrons. The van der Waals surface area contributed by atoms with Crippen LogP contribution in [0.4, 0.5) is 5.69 Å². The van der Waals surface area contributed by atoms with E-state index in [0.717, 1.165) is 35.4 Å². The van der Waals surface area contributed by atoms with Crippen molar-refractivity contribution in [3.8, 4) is 11.3 Å². The number of carbonyl (C=O) groups is 1. The van der Waals surface area contributed by atoms with Crippen molar-refractivity contribution >= 4 is 17.2 Å². The van der Waals surface area contributed by atoms with Gasteiger partial charge in [-0.1, -0.05) is 25.1 Å². The molecular weight excluding hydrogens is 310 g/mol. The molecule has 25 heavy (non-hydrogen) atoms. The molecule has 126 valence electrons. The van der Waals surface area contributed by atoms with Gasteiger partial charge in [-0.15, -0.1) is 6.58 Å². The van der Waals surface area contributed by atoms with Crippen LogP contribution in [-0.4, -0.2) is 21.8 Å². The molecule has 4 nitrogen and oxygen atoms in total. The molecule has 0 atom stereocenters. The third-order valence-corrected chi connectivity index (χ3v) is 4.83. The number of aromatic nitrogens is 2. The Balaban J connectivity index is 1.83. The fourth-order valence-electron chi connectivity index (χ4n) is 3.65. The third-order valence-electron chi connectivity index (χ3n) is 4.83. The first-order valence-electron chi connectivity index (χ1n) is 8.73. The topological polar surface area (TPSA) is 37.6 Å². The van der Waals surface area contributed by atoms with Crippen molar-refractivity contribution in [2.24, 2.45) is 0 Å². The van der Waals surface area contributed by atoms with E-state index in [1.54, 1.807) is 6.08 Å². The highest BCUT2D eigenvalue weighted by molar-refractivity contribution is 5.97. The number of fused-ring (bicyclic) bond motifs is 2. The first kappa shape index (κ1) is 15.6. The molecule has 1 aliphatic heterocycles. The molecule has 0 aliphatic carbocycles. The fraction of sp³-hybridized carbons (Fsp3) is 0.238. The molecule has 0 spiro atoms. The van der Waals surface area contributed by atoms with E-state index in [2.05, 4.69) is 42.3 Å². The quantitative estimate of drug-likeness (QED) is 0.677. The normalized spacial score (nSPS) is 14.0. The van der Waals surface area contributed by atoms with Crippen LogP contribution in [-0.2, 0) is 17.6 Å². The smallest absolute Gasteiger partial charge is 0.227 e. The molecule has 0 saturated carbocycles. The monoisotopic (exact) mass is 331 g/mol. The zero-order chi connectivity index (χ0) is 17.4. The Morgan fingerprint density at radius 2 is 2.12 bits per heavy atom. The summed E-state index contributed by atoms with van der Waals surface area (Å²) in [7, 11) is 0. The van der Waals surface area contributed by atoms with Crippen LogP contribution in [0.3, 0.4) is 0 Å². The van der Waals surface area contributed by atoms with Gasteiger partial charge in [0, 0.05) is 30.4 Å². The van der Waals surface area contributed by atoms with Crippen LogP contribution in [0.2, 0.25) is 0 Å². The fourth-order valence-corrected chi connectivity index (χ4v) is 3.65. The number of hydrogen-bond donors (Lipinski definition) is 0. The highest BCUT2D eigenvalue weighted by Gasteiger charge is 2.24. The molecule has 3 aromatic rings. The third kappa shape index (κ3) is 2.54. The summed E-state index contributed by atoms with van der Waals surface area (Å²) in [6.45, 7) is 6.48. The molecule has 0 N–H and O–H groups in total. The van der Waals surface area contributed by atoms with E-state index in [4.69, 9.17) is 4.98 Å². The van der Waals surface area contributed by atoms with Crippen LogP contribution in [0.5, 0.6) is 0 Å². The Morgan fingerprint density at radius 1 is 1.24 bits per heavy atom. The average molecular weight is 331 g/mol. The summed E-state index contributed by atoms with van der Waals surface area (Å²) in [5, 5.41) is 0. The predicted molar refractivity (Wildman–Crippen MR) is 101 cm³/mol.